The van der Waals surface area contributed by atoms with E-state index in [4.69, 9.17) is 4.98 Å². The topological polar surface area (TPSA) is 69.6 Å². The average molecular weight is 374 g/mol. The van der Waals surface area contributed by atoms with Gasteiger partial charge in [0.1, 0.15) is 0 Å². The number of anilines is 1. The molecule has 1 aromatic rings. The van der Waals surface area contributed by atoms with E-state index in [-0.39, 0.29) is 17.7 Å². The number of likely N-dealkylation sites (tertiary alicyclic amines) is 1. The Hall–Kier alpha value is -2.18. The molecule has 0 spiro atoms. The van der Waals surface area contributed by atoms with Crippen molar-refractivity contribution < 1.29 is 9.59 Å². The number of amides is 2. The molecule has 3 rings (SSSR count). The maximum absolute atomic E-state index is 12.9. The van der Waals surface area contributed by atoms with Crippen LogP contribution >= 0.6 is 0 Å². The number of hydrogen-bond donors (Lipinski definition) is 0. The summed E-state index contributed by atoms with van der Waals surface area (Å²) in [7, 11) is 7.25. The van der Waals surface area contributed by atoms with Crippen LogP contribution in [0.2, 0.25) is 0 Å². The van der Waals surface area contributed by atoms with E-state index in [9.17, 15) is 9.59 Å². The fraction of sp³-hybridized carbons (Fsp3) is 0.700. The zero-order valence-corrected chi connectivity index (χ0v) is 16.9. The zero-order chi connectivity index (χ0) is 19.6. The molecule has 2 fully saturated rings. The molecule has 0 aromatic carbocycles. The number of carbonyl (C=O) groups excluding carboxylic acids is 2. The van der Waals surface area contributed by atoms with Crippen molar-refractivity contribution in [1.29, 1.82) is 0 Å². The second-order valence-electron chi connectivity index (χ2n) is 8.17. The molecule has 2 amide bonds. The number of nitrogens with zero attached hydrogens (tertiary/aromatic N) is 5. The van der Waals surface area contributed by atoms with Crippen molar-refractivity contribution in [3.8, 4) is 0 Å². The van der Waals surface area contributed by atoms with Crippen LogP contribution in [0.15, 0.2) is 6.20 Å². The number of carbonyl (C=O) groups is 2. The first kappa shape index (κ1) is 19.6. The van der Waals surface area contributed by atoms with Crippen LogP contribution in [-0.4, -0.2) is 72.9 Å². The molecule has 1 unspecified atom stereocenters. The van der Waals surface area contributed by atoms with Crippen molar-refractivity contribution in [2.24, 2.45) is 5.92 Å². The van der Waals surface area contributed by atoms with Crippen LogP contribution in [0.3, 0.4) is 0 Å². The van der Waals surface area contributed by atoms with Gasteiger partial charge in [-0.05, 0) is 19.3 Å². The van der Waals surface area contributed by atoms with E-state index in [1.165, 1.54) is 6.42 Å². The molecule has 0 N–H and O–H groups in total. The highest BCUT2D eigenvalue weighted by atomic mass is 16.2. The molecular weight excluding hydrogens is 342 g/mol. The lowest BCUT2D eigenvalue weighted by molar-refractivity contribution is -0.135. The standard InChI is InChI=1S/C20H31N5O2/c1-23(2)19(27)16-12-21-20(24(3)4)22-17(16)15-10-11-25(13-15)18(26)14-8-6-5-7-9-14/h12,14-15H,5-11,13H2,1-4H3. The maximum Gasteiger partial charge on any atom is 0.256 e. The summed E-state index contributed by atoms with van der Waals surface area (Å²) in [5.41, 5.74) is 1.31. The Bertz CT molecular complexity index is 698. The van der Waals surface area contributed by atoms with E-state index in [0.717, 1.165) is 44.3 Å². The van der Waals surface area contributed by atoms with Crippen LogP contribution in [0, 0.1) is 5.92 Å². The Morgan fingerprint density at radius 3 is 2.41 bits per heavy atom. The van der Waals surface area contributed by atoms with Gasteiger partial charge < -0.3 is 14.7 Å². The highest BCUT2D eigenvalue weighted by molar-refractivity contribution is 5.95. The smallest absolute Gasteiger partial charge is 0.256 e. The summed E-state index contributed by atoms with van der Waals surface area (Å²) in [4.78, 5) is 39.9. The maximum atomic E-state index is 12.9. The third-order valence-corrected chi connectivity index (χ3v) is 5.68. The van der Waals surface area contributed by atoms with E-state index in [1.54, 1.807) is 25.2 Å². The molecule has 7 heteroatoms. The van der Waals surface area contributed by atoms with Crippen molar-refractivity contribution >= 4 is 17.8 Å². The van der Waals surface area contributed by atoms with Gasteiger partial charge >= 0.3 is 0 Å². The quantitative estimate of drug-likeness (QED) is 0.809. The van der Waals surface area contributed by atoms with Crippen LogP contribution in [0.25, 0.3) is 0 Å². The van der Waals surface area contributed by atoms with Gasteiger partial charge in [0.05, 0.1) is 11.3 Å². The van der Waals surface area contributed by atoms with Gasteiger partial charge in [0.2, 0.25) is 11.9 Å². The first-order valence-corrected chi connectivity index (χ1v) is 9.93. The minimum atomic E-state index is -0.0904. The van der Waals surface area contributed by atoms with Crippen LogP contribution in [0.4, 0.5) is 5.95 Å². The lowest BCUT2D eigenvalue weighted by Gasteiger charge is -2.26. The molecule has 2 heterocycles. The normalized spacial score (nSPS) is 20.6. The fourth-order valence-electron chi connectivity index (χ4n) is 4.11. The highest BCUT2D eigenvalue weighted by Gasteiger charge is 2.34. The van der Waals surface area contributed by atoms with Crippen molar-refractivity contribution in [3.63, 3.8) is 0 Å². The van der Waals surface area contributed by atoms with Gasteiger partial charge in [-0.3, -0.25) is 9.59 Å². The molecule has 1 aliphatic heterocycles. The van der Waals surface area contributed by atoms with Gasteiger partial charge in [-0.15, -0.1) is 0 Å². The zero-order valence-electron chi connectivity index (χ0n) is 16.9. The highest BCUT2D eigenvalue weighted by Crippen LogP contribution is 2.32. The Kier molecular flexibility index (Phi) is 5.97. The second-order valence-corrected chi connectivity index (χ2v) is 8.17. The second kappa shape index (κ2) is 8.23. The van der Waals surface area contributed by atoms with Gasteiger partial charge in [-0.25, -0.2) is 9.97 Å². The van der Waals surface area contributed by atoms with Crippen LogP contribution in [0.5, 0.6) is 0 Å². The molecule has 1 saturated heterocycles. The molecule has 1 atom stereocenters. The third-order valence-electron chi connectivity index (χ3n) is 5.68. The molecule has 1 aromatic heterocycles. The van der Waals surface area contributed by atoms with Gasteiger partial charge in [0.15, 0.2) is 0 Å². The monoisotopic (exact) mass is 373 g/mol. The summed E-state index contributed by atoms with van der Waals surface area (Å²) in [5, 5.41) is 0. The number of rotatable bonds is 4. The predicted octanol–water partition coefficient (Wildman–Crippen LogP) is 2.14. The SMILES string of the molecule is CN(C)C(=O)c1cnc(N(C)C)nc1C1CCN(C(=O)C2CCCCC2)C1. The molecule has 2 aliphatic rings. The van der Waals surface area contributed by atoms with Gasteiger partial charge in [0, 0.05) is 59.3 Å². The largest absolute Gasteiger partial charge is 0.347 e. The van der Waals surface area contributed by atoms with Gasteiger partial charge in [-0.1, -0.05) is 19.3 Å². The van der Waals surface area contributed by atoms with E-state index in [2.05, 4.69) is 4.98 Å². The number of hydrogen-bond acceptors (Lipinski definition) is 5. The third kappa shape index (κ3) is 4.22. The van der Waals surface area contributed by atoms with Crippen LogP contribution < -0.4 is 4.90 Å². The molecule has 1 aliphatic carbocycles. The van der Waals surface area contributed by atoms with Crippen molar-refractivity contribution in [2.75, 3.05) is 46.2 Å². The number of aromatic nitrogens is 2. The van der Waals surface area contributed by atoms with E-state index in [1.807, 2.05) is 23.9 Å². The first-order valence-electron chi connectivity index (χ1n) is 9.93. The molecular formula is C20H31N5O2. The molecule has 0 bridgehead atoms. The van der Waals surface area contributed by atoms with Crippen molar-refractivity contribution in [3.05, 3.63) is 17.5 Å². The molecule has 148 valence electrons. The lowest BCUT2D eigenvalue weighted by atomic mass is 9.88. The summed E-state index contributed by atoms with van der Waals surface area (Å²) >= 11 is 0. The molecule has 7 nitrogen and oxygen atoms in total. The minimum absolute atomic E-state index is 0.0816. The summed E-state index contributed by atoms with van der Waals surface area (Å²) in [6.07, 6.45) is 8.07. The minimum Gasteiger partial charge on any atom is -0.347 e. The first-order chi connectivity index (χ1) is 12.9. The van der Waals surface area contributed by atoms with Crippen molar-refractivity contribution in [2.45, 2.75) is 44.4 Å². The predicted molar refractivity (Wildman–Crippen MR) is 105 cm³/mol. The Morgan fingerprint density at radius 1 is 1.07 bits per heavy atom. The summed E-state index contributed by atoms with van der Waals surface area (Å²) in [6.45, 7) is 1.39. The molecule has 0 radical (unpaired) electrons. The van der Waals surface area contributed by atoms with Crippen molar-refractivity contribution in [1.82, 2.24) is 19.8 Å². The average Bonchev–Trinajstić information content (AvgIpc) is 3.17. The van der Waals surface area contributed by atoms with E-state index < -0.39 is 0 Å². The Morgan fingerprint density at radius 2 is 1.78 bits per heavy atom. The fourth-order valence-corrected chi connectivity index (χ4v) is 4.11. The Labute approximate surface area is 161 Å². The van der Waals surface area contributed by atoms with Gasteiger partial charge in [0.25, 0.3) is 5.91 Å². The van der Waals surface area contributed by atoms with E-state index in [0.29, 0.717) is 24.0 Å². The van der Waals surface area contributed by atoms with Gasteiger partial charge in [-0.2, -0.15) is 0 Å². The van der Waals surface area contributed by atoms with E-state index >= 15 is 0 Å². The summed E-state index contributed by atoms with van der Waals surface area (Å²) in [5.74, 6) is 1.06. The van der Waals surface area contributed by atoms with Crippen LogP contribution in [-0.2, 0) is 4.79 Å². The van der Waals surface area contributed by atoms with Crippen LogP contribution in [0.1, 0.15) is 60.5 Å². The summed E-state index contributed by atoms with van der Waals surface area (Å²) in [6, 6.07) is 0. The lowest BCUT2D eigenvalue weighted by Crippen LogP contribution is -2.35. The molecule has 27 heavy (non-hydrogen) atoms. The molecule has 1 saturated carbocycles. The summed E-state index contributed by atoms with van der Waals surface area (Å²) < 4.78 is 0. The Balaban J connectivity index is 1.81.